The molecule has 4 rings (SSSR count). The second-order valence-corrected chi connectivity index (χ2v) is 8.64. The predicted octanol–water partition coefficient (Wildman–Crippen LogP) is 3.34. The van der Waals surface area contributed by atoms with E-state index in [1.165, 1.54) is 6.07 Å². The zero-order valence-electron chi connectivity index (χ0n) is 18.1. The van der Waals surface area contributed by atoms with Crippen LogP contribution < -0.4 is 5.73 Å². The number of hydrogen-bond donors (Lipinski definition) is 2. The number of ether oxygens (including phenoxy) is 1. The zero-order chi connectivity index (χ0) is 22.6. The van der Waals surface area contributed by atoms with Gasteiger partial charge in [0, 0.05) is 24.4 Å². The van der Waals surface area contributed by atoms with Gasteiger partial charge in [0.25, 0.3) is 0 Å². The molecule has 2 aromatic carbocycles. The third-order valence-corrected chi connectivity index (χ3v) is 6.58. The summed E-state index contributed by atoms with van der Waals surface area (Å²) in [5.41, 5.74) is 5.52. The van der Waals surface area contributed by atoms with Gasteiger partial charge in [-0.1, -0.05) is 61.4 Å². The van der Waals surface area contributed by atoms with Gasteiger partial charge in [0.15, 0.2) is 11.6 Å². The van der Waals surface area contributed by atoms with Crippen molar-refractivity contribution in [2.24, 2.45) is 16.6 Å². The summed E-state index contributed by atoms with van der Waals surface area (Å²) in [5.74, 6) is -0.767. The van der Waals surface area contributed by atoms with Crippen molar-refractivity contribution in [3.63, 3.8) is 0 Å². The van der Waals surface area contributed by atoms with Crippen LogP contribution in [0, 0.1) is 11.7 Å². The van der Waals surface area contributed by atoms with E-state index in [1.807, 2.05) is 23.1 Å². The Balaban J connectivity index is 1.41. The highest BCUT2D eigenvalue weighted by molar-refractivity contribution is 5.82. The fraction of sp³-hybridized carbons (Fsp3) is 0.440. The van der Waals surface area contributed by atoms with Gasteiger partial charge in [0.05, 0.1) is 13.1 Å². The number of benzene rings is 2. The number of carbonyl (C=O) groups is 1. The molecule has 2 aliphatic rings. The molecule has 1 saturated heterocycles. The van der Waals surface area contributed by atoms with Gasteiger partial charge in [-0.3, -0.25) is 0 Å². The van der Waals surface area contributed by atoms with Gasteiger partial charge in [-0.2, -0.15) is 0 Å². The molecule has 7 heteroatoms. The van der Waals surface area contributed by atoms with Crippen molar-refractivity contribution in [2.75, 3.05) is 13.1 Å². The minimum atomic E-state index is -1.64. The Bertz CT molecular complexity index is 962. The lowest BCUT2D eigenvalue weighted by Gasteiger charge is -2.33. The van der Waals surface area contributed by atoms with Gasteiger partial charge in [-0.15, -0.1) is 0 Å². The van der Waals surface area contributed by atoms with Crippen LogP contribution in [-0.4, -0.2) is 41.1 Å². The van der Waals surface area contributed by atoms with Gasteiger partial charge in [-0.25, -0.2) is 14.2 Å². The molecule has 1 aliphatic carbocycles. The molecule has 0 spiro atoms. The maximum Gasteiger partial charge on any atom is 0.343 e. The lowest BCUT2D eigenvalue weighted by atomic mass is 9.80. The van der Waals surface area contributed by atoms with E-state index in [4.69, 9.17) is 10.5 Å². The predicted molar refractivity (Wildman–Crippen MR) is 120 cm³/mol. The standard InChI is InChI=1S/C25H30FN3O3/c26-22-13-7-4-8-18(22)16-28-24(27)29-15-14-21(17-29)32-23(30)25(31,20-11-5-6-12-20)19-9-2-1-3-10-19/h1-4,7-10,13,20-21,31H,5-6,11-12,14-17H2,(H2,27,28)/t21?,25-/m0/s1. The van der Waals surface area contributed by atoms with Crippen molar-refractivity contribution in [1.82, 2.24) is 4.90 Å². The molecule has 6 nitrogen and oxygen atoms in total. The quantitative estimate of drug-likeness (QED) is 0.410. The number of carbonyl (C=O) groups excluding carboxylic acids is 1. The number of rotatable bonds is 6. The van der Waals surface area contributed by atoms with E-state index in [0.29, 0.717) is 36.6 Å². The summed E-state index contributed by atoms with van der Waals surface area (Å²) in [5, 5.41) is 11.6. The topological polar surface area (TPSA) is 88.1 Å². The van der Waals surface area contributed by atoms with Crippen LogP contribution in [0.2, 0.25) is 0 Å². The van der Waals surface area contributed by atoms with Gasteiger partial charge in [-0.05, 0) is 24.5 Å². The molecule has 1 saturated carbocycles. The third-order valence-electron chi connectivity index (χ3n) is 6.58. The zero-order valence-corrected chi connectivity index (χ0v) is 18.1. The number of hydrogen-bond acceptors (Lipinski definition) is 4. The van der Waals surface area contributed by atoms with Crippen LogP contribution >= 0.6 is 0 Å². The van der Waals surface area contributed by atoms with E-state index >= 15 is 0 Å². The maximum absolute atomic E-state index is 13.8. The monoisotopic (exact) mass is 439 g/mol. The summed E-state index contributed by atoms with van der Waals surface area (Å²) in [7, 11) is 0. The number of guanidine groups is 1. The first kappa shape index (κ1) is 22.3. The van der Waals surface area contributed by atoms with E-state index in [1.54, 1.807) is 30.3 Å². The van der Waals surface area contributed by atoms with Crippen LogP contribution in [0.25, 0.3) is 0 Å². The maximum atomic E-state index is 13.8. The second-order valence-electron chi connectivity index (χ2n) is 8.64. The number of nitrogens with zero attached hydrogens (tertiary/aromatic N) is 2. The third kappa shape index (κ3) is 4.63. The lowest BCUT2D eigenvalue weighted by Crippen LogP contribution is -2.45. The van der Waals surface area contributed by atoms with Gasteiger partial charge >= 0.3 is 5.97 Å². The number of aliphatic imine (C=N–C) groups is 1. The molecular weight excluding hydrogens is 409 g/mol. The van der Waals surface area contributed by atoms with Crippen LogP contribution in [-0.2, 0) is 21.7 Å². The Hall–Kier alpha value is -2.93. The summed E-state index contributed by atoms with van der Waals surface area (Å²) in [6.07, 6.45) is 3.80. The molecule has 0 amide bonds. The molecule has 0 radical (unpaired) electrons. The van der Waals surface area contributed by atoms with E-state index in [9.17, 15) is 14.3 Å². The normalized spacial score (nSPS) is 21.5. The molecule has 1 heterocycles. The average Bonchev–Trinajstić information content (AvgIpc) is 3.51. The Morgan fingerprint density at radius 3 is 2.53 bits per heavy atom. The van der Waals surface area contributed by atoms with Crippen LogP contribution in [0.3, 0.4) is 0 Å². The van der Waals surface area contributed by atoms with E-state index in [0.717, 1.165) is 25.7 Å². The summed E-state index contributed by atoms with van der Waals surface area (Å²) in [6, 6.07) is 15.5. The van der Waals surface area contributed by atoms with Crippen molar-refractivity contribution in [2.45, 2.75) is 50.4 Å². The molecule has 0 bridgehead atoms. The fourth-order valence-electron chi connectivity index (χ4n) is 4.72. The second kappa shape index (κ2) is 9.69. The highest BCUT2D eigenvalue weighted by Crippen LogP contribution is 2.41. The Morgan fingerprint density at radius 2 is 1.81 bits per heavy atom. The number of nitrogens with two attached hydrogens (primary N) is 1. The molecule has 3 N–H and O–H groups in total. The smallest absolute Gasteiger partial charge is 0.343 e. The molecule has 1 unspecified atom stereocenters. The van der Waals surface area contributed by atoms with Crippen LogP contribution in [0.5, 0.6) is 0 Å². The summed E-state index contributed by atoms with van der Waals surface area (Å²) >= 11 is 0. The minimum Gasteiger partial charge on any atom is -0.458 e. The SMILES string of the molecule is NC(=NCc1ccccc1F)N1CCC(OC(=O)[C@](O)(c2ccccc2)C2CCCC2)C1. The number of likely N-dealkylation sites (tertiary alicyclic amines) is 1. The molecule has 32 heavy (non-hydrogen) atoms. The first-order chi connectivity index (χ1) is 15.5. The Morgan fingerprint density at radius 1 is 1.12 bits per heavy atom. The van der Waals surface area contributed by atoms with Crippen molar-refractivity contribution < 1.29 is 19.0 Å². The van der Waals surface area contributed by atoms with Gasteiger partial charge < -0.3 is 20.5 Å². The fourth-order valence-corrected chi connectivity index (χ4v) is 4.72. The van der Waals surface area contributed by atoms with Crippen molar-refractivity contribution in [3.8, 4) is 0 Å². The summed E-state index contributed by atoms with van der Waals surface area (Å²) in [6.45, 7) is 1.13. The van der Waals surface area contributed by atoms with Crippen molar-refractivity contribution >= 4 is 11.9 Å². The first-order valence-electron chi connectivity index (χ1n) is 11.3. The number of esters is 1. The Kier molecular flexibility index (Phi) is 6.74. The molecular formula is C25H30FN3O3. The van der Waals surface area contributed by atoms with Crippen molar-refractivity contribution in [1.29, 1.82) is 0 Å². The molecule has 1 aliphatic heterocycles. The summed E-state index contributed by atoms with van der Waals surface area (Å²) < 4.78 is 19.6. The highest BCUT2D eigenvalue weighted by Gasteiger charge is 2.48. The lowest BCUT2D eigenvalue weighted by molar-refractivity contribution is -0.178. The van der Waals surface area contributed by atoms with Gasteiger partial charge in [0.1, 0.15) is 11.9 Å². The molecule has 2 fully saturated rings. The highest BCUT2D eigenvalue weighted by atomic mass is 19.1. The summed E-state index contributed by atoms with van der Waals surface area (Å²) in [4.78, 5) is 19.4. The largest absolute Gasteiger partial charge is 0.458 e. The van der Waals surface area contributed by atoms with E-state index in [-0.39, 0.29) is 24.4 Å². The minimum absolute atomic E-state index is 0.148. The van der Waals surface area contributed by atoms with Crippen LogP contribution in [0.4, 0.5) is 4.39 Å². The van der Waals surface area contributed by atoms with E-state index < -0.39 is 11.6 Å². The van der Waals surface area contributed by atoms with Crippen LogP contribution in [0.1, 0.15) is 43.2 Å². The van der Waals surface area contributed by atoms with Gasteiger partial charge in [0.2, 0.25) is 0 Å². The first-order valence-corrected chi connectivity index (χ1v) is 11.3. The molecule has 170 valence electrons. The number of aliphatic hydroxyl groups is 1. The van der Waals surface area contributed by atoms with Crippen molar-refractivity contribution in [3.05, 3.63) is 71.5 Å². The molecule has 0 aromatic heterocycles. The van der Waals surface area contributed by atoms with Crippen LogP contribution in [0.15, 0.2) is 59.6 Å². The molecule has 2 aromatic rings. The Labute approximate surface area is 187 Å². The van der Waals surface area contributed by atoms with E-state index in [2.05, 4.69) is 4.99 Å². The molecule has 2 atom stereocenters. The average molecular weight is 440 g/mol. The number of halogens is 1.